The maximum Gasteiger partial charge on any atom is 0.305 e. The van der Waals surface area contributed by atoms with Gasteiger partial charge in [0, 0.05) is 19.2 Å². The largest absolute Gasteiger partial charge is 0.481 e. The Hall–Kier alpha value is -1.65. The summed E-state index contributed by atoms with van der Waals surface area (Å²) in [7, 11) is 0. The Morgan fingerprint density at radius 2 is 2.12 bits per heavy atom. The standard InChI is InChI=1S/C11H13F2NO2/c1-2-14(6-5-11(15)16)10-7-8(12)3-4-9(10)13/h3-4,7H,2,5-6H2,1H3,(H,15,16). The number of carboxylic acid groups (broad SMARTS) is 1. The van der Waals surface area contributed by atoms with Crippen LogP contribution in [0.4, 0.5) is 14.5 Å². The van der Waals surface area contributed by atoms with Gasteiger partial charge in [-0.3, -0.25) is 4.79 Å². The Balaban J connectivity index is 2.85. The quantitative estimate of drug-likeness (QED) is 0.842. The molecule has 0 radical (unpaired) electrons. The monoisotopic (exact) mass is 229 g/mol. The van der Waals surface area contributed by atoms with Crippen molar-refractivity contribution in [2.75, 3.05) is 18.0 Å². The number of hydrogen-bond acceptors (Lipinski definition) is 2. The van der Waals surface area contributed by atoms with E-state index in [4.69, 9.17) is 5.11 Å². The fraction of sp³-hybridized carbons (Fsp3) is 0.364. The number of hydrogen-bond donors (Lipinski definition) is 1. The summed E-state index contributed by atoms with van der Waals surface area (Å²) in [5.41, 5.74) is 0.101. The van der Waals surface area contributed by atoms with Crippen LogP contribution in [0.15, 0.2) is 18.2 Å². The van der Waals surface area contributed by atoms with Gasteiger partial charge in [-0.1, -0.05) is 0 Å². The molecule has 0 fully saturated rings. The minimum Gasteiger partial charge on any atom is -0.481 e. The van der Waals surface area contributed by atoms with Crippen molar-refractivity contribution in [3.8, 4) is 0 Å². The molecule has 0 saturated carbocycles. The molecule has 0 amide bonds. The second-order valence-electron chi connectivity index (χ2n) is 3.32. The lowest BCUT2D eigenvalue weighted by Gasteiger charge is -2.22. The normalized spacial score (nSPS) is 10.2. The first kappa shape index (κ1) is 12.4. The first-order valence-corrected chi connectivity index (χ1v) is 4.96. The lowest BCUT2D eigenvalue weighted by molar-refractivity contribution is -0.136. The SMILES string of the molecule is CCN(CCC(=O)O)c1cc(F)ccc1F. The molecule has 1 rings (SSSR count). The van der Waals surface area contributed by atoms with Gasteiger partial charge in [0.05, 0.1) is 12.1 Å². The molecular weight excluding hydrogens is 216 g/mol. The zero-order valence-electron chi connectivity index (χ0n) is 8.91. The summed E-state index contributed by atoms with van der Waals surface area (Å²) in [6.07, 6.45) is -0.107. The van der Waals surface area contributed by atoms with Crippen molar-refractivity contribution in [2.45, 2.75) is 13.3 Å². The highest BCUT2D eigenvalue weighted by Crippen LogP contribution is 2.20. The molecule has 0 bridgehead atoms. The summed E-state index contributed by atoms with van der Waals surface area (Å²) < 4.78 is 26.3. The van der Waals surface area contributed by atoms with E-state index in [9.17, 15) is 13.6 Å². The zero-order valence-corrected chi connectivity index (χ0v) is 8.91. The Bertz CT molecular complexity index is 382. The summed E-state index contributed by atoms with van der Waals surface area (Å²) in [6.45, 7) is 2.34. The molecule has 1 aromatic rings. The topological polar surface area (TPSA) is 40.5 Å². The maximum atomic E-state index is 13.4. The van der Waals surface area contributed by atoms with Crippen molar-refractivity contribution >= 4 is 11.7 Å². The molecule has 0 spiro atoms. The van der Waals surface area contributed by atoms with Gasteiger partial charge in [0.1, 0.15) is 11.6 Å². The molecule has 5 heteroatoms. The van der Waals surface area contributed by atoms with E-state index in [1.165, 1.54) is 4.90 Å². The number of benzene rings is 1. The predicted molar refractivity (Wildman–Crippen MR) is 56.5 cm³/mol. The van der Waals surface area contributed by atoms with Crippen LogP contribution in [-0.4, -0.2) is 24.2 Å². The second kappa shape index (κ2) is 5.44. The Kier molecular flexibility index (Phi) is 4.22. The molecule has 0 aliphatic rings. The van der Waals surface area contributed by atoms with Gasteiger partial charge < -0.3 is 10.0 Å². The molecule has 0 aliphatic carbocycles. The van der Waals surface area contributed by atoms with Crippen molar-refractivity contribution in [1.29, 1.82) is 0 Å². The second-order valence-corrected chi connectivity index (χ2v) is 3.32. The van der Waals surface area contributed by atoms with Crippen LogP contribution >= 0.6 is 0 Å². The Morgan fingerprint density at radius 3 is 2.69 bits per heavy atom. The van der Waals surface area contributed by atoms with E-state index < -0.39 is 17.6 Å². The maximum absolute atomic E-state index is 13.4. The average Bonchev–Trinajstić information content (AvgIpc) is 2.23. The highest BCUT2D eigenvalue weighted by atomic mass is 19.1. The summed E-state index contributed by atoms with van der Waals surface area (Å²) in [6, 6.07) is 3.14. The fourth-order valence-corrected chi connectivity index (χ4v) is 1.41. The highest BCUT2D eigenvalue weighted by molar-refractivity contribution is 5.67. The Morgan fingerprint density at radius 1 is 1.44 bits per heavy atom. The third-order valence-electron chi connectivity index (χ3n) is 2.23. The van der Waals surface area contributed by atoms with Crippen LogP contribution in [0, 0.1) is 11.6 Å². The van der Waals surface area contributed by atoms with Crippen LogP contribution in [0.5, 0.6) is 0 Å². The van der Waals surface area contributed by atoms with Gasteiger partial charge in [-0.2, -0.15) is 0 Å². The average molecular weight is 229 g/mol. The molecule has 88 valence electrons. The molecule has 16 heavy (non-hydrogen) atoms. The molecule has 0 atom stereocenters. The van der Waals surface area contributed by atoms with Crippen molar-refractivity contribution in [2.24, 2.45) is 0 Å². The lowest BCUT2D eigenvalue weighted by atomic mass is 10.2. The van der Waals surface area contributed by atoms with Crippen molar-refractivity contribution in [3.05, 3.63) is 29.8 Å². The first-order chi connectivity index (χ1) is 7.54. The summed E-state index contributed by atoms with van der Waals surface area (Å²) >= 11 is 0. The summed E-state index contributed by atoms with van der Waals surface area (Å²) in [4.78, 5) is 11.9. The van der Waals surface area contributed by atoms with Crippen LogP contribution in [0.3, 0.4) is 0 Å². The highest BCUT2D eigenvalue weighted by Gasteiger charge is 2.12. The molecule has 1 aromatic carbocycles. The van der Waals surface area contributed by atoms with E-state index in [-0.39, 0.29) is 18.7 Å². The van der Waals surface area contributed by atoms with E-state index >= 15 is 0 Å². The minimum absolute atomic E-state index is 0.101. The number of aliphatic carboxylic acids is 1. The number of nitrogens with zero attached hydrogens (tertiary/aromatic N) is 1. The molecule has 0 heterocycles. The molecule has 0 unspecified atom stereocenters. The van der Waals surface area contributed by atoms with Crippen molar-refractivity contribution < 1.29 is 18.7 Å². The van der Waals surface area contributed by atoms with Crippen molar-refractivity contribution in [3.63, 3.8) is 0 Å². The number of rotatable bonds is 5. The van der Waals surface area contributed by atoms with Crippen LogP contribution in [0.1, 0.15) is 13.3 Å². The van der Waals surface area contributed by atoms with Gasteiger partial charge in [0.2, 0.25) is 0 Å². The smallest absolute Gasteiger partial charge is 0.305 e. The number of carbonyl (C=O) groups is 1. The van der Waals surface area contributed by atoms with Gasteiger partial charge in [-0.25, -0.2) is 8.78 Å². The third kappa shape index (κ3) is 3.18. The van der Waals surface area contributed by atoms with E-state index in [0.29, 0.717) is 6.54 Å². The van der Waals surface area contributed by atoms with Crippen LogP contribution in [0.2, 0.25) is 0 Å². The molecule has 1 N–H and O–H groups in total. The van der Waals surface area contributed by atoms with Gasteiger partial charge in [0.15, 0.2) is 0 Å². The number of anilines is 1. The van der Waals surface area contributed by atoms with Crippen molar-refractivity contribution in [1.82, 2.24) is 0 Å². The van der Waals surface area contributed by atoms with Crippen LogP contribution < -0.4 is 4.90 Å². The Labute approximate surface area is 92.3 Å². The fourth-order valence-electron chi connectivity index (χ4n) is 1.41. The molecule has 3 nitrogen and oxygen atoms in total. The zero-order chi connectivity index (χ0) is 12.1. The summed E-state index contributed by atoms with van der Waals surface area (Å²) in [5, 5.41) is 8.53. The predicted octanol–water partition coefficient (Wildman–Crippen LogP) is 2.27. The number of halogens is 2. The van der Waals surface area contributed by atoms with E-state index in [1.54, 1.807) is 6.92 Å². The van der Waals surface area contributed by atoms with Gasteiger partial charge in [0.25, 0.3) is 0 Å². The van der Waals surface area contributed by atoms with E-state index in [2.05, 4.69) is 0 Å². The van der Waals surface area contributed by atoms with Crippen LogP contribution in [-0.2, 0) is 4.79 Å². The van der Waals surface area contributed by atoms with E-state index in [1.807, 2.05) is 0 Å². The first-order valence-electron chi connectivity index (χ1n) is 4.96. The lowest BCUT2D eigenvalue weighted by Crippen LogP contribution is -2.26. The van der Waals surface area contributed by atoms with Gasteiger partial charge >= 0.3 is 5.97 Å². The van der Waals surface area contributed by atoms with Crippen LogP contribution in [0.25, 0.3) is 0 Å². The van der Waals surface area contributed by atoms with E-state index in [0.717, 1.165) is 18.2 Å². The van der Waals surface area contributed by atoms with Gasteiger partial charge in [-0.05, 0) is 19.1 Å². The number of carboxylic acids is 1. The molecule has 0 aromatic heterocycles. The minimum atomic E-state index is -0.963. The molecular formula is C11H13F2NO2. The third-order valence-corrected chi connectivity index (χ3v) is 2.23. The molecule has 0 saturated heterocycles. The molecule has 0 aliphatic heterocycles. The summed E-state index contributed by atoms with van der Waals surface area (Å²) in [5.74, 6) is -2.05. The van der Waals surface area contributed by atoms with Gasteiger partial charge in [-0.15, -0.1) is 0 Å².